The van der Waals surface area contributed by atoms with Gasteiger partial charge in [-0.05, 0) is 36.4 Å². The summed E-state index contributed by atoms with van der Waals surface area (Å²) in [7, 11) is 0. The number of hydrogen-bond donors (Lipinski definition) is 0. The third kappa shape index (κ3) is 2.92. The fourth-order valence-electron chi connectivity index (χ4n) is 3.08. The Hall–Kier alpha value is -2.40. The molecule has 0 radical (unpaired) electrons. The largest absolute Gasteiger partial charge is 0.369 e. The molecule has 23 heavy (non-hydrogen) atoms. The summed E-state index contributed by atoms with van der Waals surface area (Å²) < 4.78 is 18.4. The van der Waals surface area contributed by atoms with E-state index in [1.807, 2.05) is 30.3 Å². The van der Waals surface area contributed by atoms with Crippen molar-refractivity contribution in [3.8, 4) is 0 Å². The van der Waals surface area contributed by atoms with Crippen LogP contribution in [-0.4, -0.2) is 36.2 Å². The van der Waals surface area contributed by atoms with Crippen LogP contribution in [0.15, 0.2) is 53.1 Å². The molecule has 0 unspecified atom stereocenters. The average molecular weight is 311 g/mol. The molecular weight excluding hydrogens is 293 g/mol. The van der Waals surface area contributed by atoms with Gasteiger partial charge < -0.3 is 9.42 Å². The molecule has 3 aromatic rings. The van der Waals surface area contributed by atoms with Crippen molar-refractivity contribution in [3.63, 3.8) is 0 Å². The quantitative estimate of drug-likeness (QED) is 0.743. The second-order valence-electron chi connectivity index (χ2n) is 5.87. The Bertz CT molecular complexity index is 791. The zero-order valence-corrected chi connectivity index (χ0v) is 12.8. The van der Waals surface area contributed by atoms with Crippen molar-refractivity contribution in [1.29, 1.82) is 0 Å². The molecule has 1 aliphatic rings. The molecule has 4 rings (SSSR count). The Morgan fingerprint density at radius 2 is 1.70 bits per heavy atom. The van der Waals surface area contributed by atoms with E-state index in [1.165, 1.54) is 12.1 Å². The smallest absolute Gasteiger partial charge is 0.167 e. The summed E-state index contributed by atoms with van der Waals surface area (Å²) in [6, 6.07) is 14.7. The number of fused-ring (bicyclic) bond motifs is 1. The zero-order valence-electron chi connectivity index (χ0n) is 12.8. The van der Waals surface area contributed by atoms with Crippen LogP contribution in [0.2, 0.25) is 0 Å². The average Bonchev–Trinajstić information content (AvgIpc) is 3.00. The van der Waals surface area contributed by atoms with E-state index in [1.54, 1.807) is 0 Å². The van der Waals surface area contributed by atoms with Gasteiger partial charge in [0, 0.05) is 43.8 Å². The van der Waals surface area contributed by atoms with E-state index in [4.69, 9.17) is 4.52 Å². The molecule has 5 heteroatoms. The highest BCUT2D eigenvalue weighted by Gasteiger charge is 2.19. The van der Waals surface area contributed by atoms with Gasteiger partial charge in [-0.1, -0.05) is 17.3 Å². The van der Waals surface area contributed by atoms with Gasteiger partial charge in [-0.25, -0.2) is 4.39 Å². The first kappa shape index (κ1) is 14.2. The summed E-state index contributed by atoms with van der Waals surface area (Å²) in [5.74, 6) is -0.190. The van der Waals surface area contributed by atoms with Gasteiger partial charge in [0.1, 0.15) is 11.5 Å². The third-order valence-electron chi connectivity index (χ3n) is 4.39. The molecule has 1 aliphatic heterocycles. The maximum absolute atomic E-state index is 13.0. The number of rotatable bonds is 3. The lowest BCUT2D eigenvalue weighted by atomic mass is 10.2. The van der Waals surface area contributed by atoms with Crippen LogP contribution in [0.1, 0.15) is 5.69 Å². The highest BCUT2D eigenvalue weighted by molar-refractivity contribution is 5.79. The first-order chi connectivity index (χ1) is 11.3. The first-order valence-corrected chi connectivity index (χ1v) is 7.86. The molecule has 1 fully saturated rings. The van der Waals surface area contributed by atoms with Crippen LogP contribution in [0, 0.1) is 5.82 Å². The lowest BCUT2D eigenvalue weighted by Crippen LogP contribution is -2.46. The maximum atomic E-state index is 13.0. The lowest BCUT2D eigenvalue weighted by molar-refractivity contribution is 0.243. The first-order valence-electron chi connectivity index (χ1n) is 7.86. The van der Waals surface area contributed by atoms with Crippen molar-refractivity contribution >= 4 is 16.7 Å². The molecule has 0 bridgehead atoms. The highest BCUT2D eigenvalue weighted by Crippen LogP contribution is 2.21. The molecule has 4 nitrogen and oxygen atoms in total. The van der Waals surface area contributed by atoms with Gasteiger partial charge in [0.2, 0.25) is 0 Å². The van der Waals surface area contributed by atoms with E-state index in [2.05, 4.69) is 21.0 Å². The van der Waals surface area contributed by atoms with E-state index < -0.39 is 0 Å². The molecule has 1 saturated heterocycles. The Labute approximate surface area is 134 Å². The normalized spacial score (nSPS) is 16.1. The van der Waals surface area contributed by atoms with Crippen LogP contribution in [0.25, 0.3) is 11.0 Å². The molecule has 2 heterocycles. The second-order valence-corrected chi connectivity index (χ2v) is 5.87. The van der Waals surface area contributed by atoms with Crippen molar-refractivity contribution in [2.24, 2.45) is 0 Å². The molecule has 0 aliphatic carbocycles. The van der Waals surface area contributed by atoms with Crippen molar-refractivity contribution in [2.75, 3.05) is 31.1 Å². The predicted octanol–water partition coefficient (Wildman–Crippen LogP) is 3.29. The van der Waals surface area contributed by atoms with Crippen LogP contribution in [0.5, 0.6) is 0 Å². The fraction of sp³-hybridized carbons (Fsp3) is 0.278. The number of benzene rings is 2. The van der Waals surface area contributed by atoms with Gasteiger partial charge in [-0.15, -0.1) is 0 Å². The standard InChI is InChI=1S/C18H18FN3O/c19-14-5-7-15(8-6-14)22-11-9-21(10-12-22)13-17-16-3-1-2-4-18(16)23-20-17/h1-8H,9-13H2. The Kier molecular flexibility index (Phi) is 3.71. The van der Waals surface area contributed by atoms with Gasteiger partial charge in [0.05, 0.1) is 0 Å². The van der Waals surface area contributed by atoms with Gasteiger partial charge >= 0.3 is 0 Å². The van der Waals surface area contributed by atoms with Gasteiger partial charge in [0.25, 0.3) is 0 Å². The van der Waals surface area contributed by atoms with Gasteiger partial charge in [-0.3, -0.25) is 4.90 Å². The molecule has 118 valence electrons. The topological polar surface area (TPSA) is 32.5 Å². The van der Waals surface area contributed by atoms with Crippen LogP contribution >= 0.6 is 0 Å². The number of hydrogen-bond acceptors (Lipinski definition) is 4. The minimum Gasteiger partial charge on any atom is -0.369 e. The summed E-state index contributed by atoms with van der Waals surface area (Å²) in [5.41, 5.74) is 2.92. The van der Waals surface area contributed by atoms with Gasteiger partial charge in [0.15, 0.2) is 5.58 Å². The number of aromatic nitrogens is 1. The molecule has 0 saturated carbocycles. The maximum Gasteiger partial charge on any atom is 0.167 e. The zero-order chi connectivity index (χ0) is 15.6. The van der Waals surface area contributed by atoms with Crippen LogP contribution < -0.4 is 4.90 Å². The molecule has 0 amide bonds. The summed E-state index contributed by atoms with van der Waals surface area (Å²) in [5, 5.41) is 5.30. The Morgan fingerprint density at radius 3 is 2.48 bits per heavy atom. The second kappa shape index (κ2) is 6.01. The molecular formula is C18H18FN3O. The van der Waals surface area contributed by atoms with Gasteiger partial charge in [-0.2, -0.15) is 0 Å². The van der Waals surface area contributed by atoms with Crippen molar-refractivity contribution in [1.82, 2.24) is 10.1 Å². The fourth-order valence-corrected chi connectivity index (χ4v) is 3.08. The summed E-state index contributed by atoms with van der Waals surface area (Å²) in [6.45, 7) is 4.58. The van der Waals surface area contributed by atoms with Crippen molar-refractivity contribution < 1.29 is 8.91 Å². The number of halogens is 1. The van der Waals surface area contributed by atoms with E-state index in [9.17, 15) is 4.39 Å². The van der Waals surface area contributed by atoms with E-state index in [-0.39, 0.29) is 5.82 Å². The molecule has 0 spiro atoms. The van der Waals surface area contributed by atoms with Crippen LogP contribution in [0.4, 0.5) is 10.1 Å². The summed E-state index contributed by atoms with van der Waals surface area (Å²) in [4.78, 5) is 4.67. The predicted molar refractivity (Wildman–Crippen MR) is 87.9 cm³/mol. The number of para-hydroxylation sites is 1. The highest BCUT2D eigenvalue weighted by atomic mass is 19.1. The minimum absolute atomic E-state index is 0.190. The van der Waals surface area contributed by atoms with Crippen molar-refractivity contribution in [2.45, 2.75) is 6.54 Å². The van der Waals surface area contributed by atoms with Crippen LogP contribution in [0.3, 0.4) is 0 Å². The third-order valence-corrected chi connectivity index (χ3v) is 4.39. The van der Waals surface area contributed by atoms with E-state index in [0.29, 0.717) is 0 Å². The summed E-state index contributed by atoms with van der Waals surface area (Å²) in [6.07, 6.45) is 0. The molecule has 2 aromatic carbocycles. The minimum atomic E-state index is -0.190. The number of nitrogens with zero attached hydrogens (tertiary/aromatic N) is 3. The number of anilines is 1. The molecule has 0 N–H and O–H groups in total. The van der Waals surface area contributed by atoms with E-state index >= 15 is 0 Å². The summed E-state index contributed by atoms with van der Waals surface area (Å²) >= 11 is 0. The van der Waals surface area contributed by atoms with Crippen LogP contribution in [-0.2, 0) is 6.54 Å². The number of piperazine rings is 1. The Morgan fingerprint density at radius 1 is 0.957 bits per heavy atom. The SMILES string of the molecule is Fc1ccc(N2CCN(Cc3noc4ccccc34)CC2)cc1. The molecule has 0 atom stereocenters. The van der Waals surface area contributed by atoms with E-state index in [0.717, 1.165) is 55.1 Å². The Balaban J connectivity index is 1.41. The lowest BCUT2D eigenvalue weighted by Gasteiger charge is -2.35. The monoisotopic (exact) mass is 311 g/mol. The molecule has 1 aromatic heterocycles. The van der Waals surface area contributed by atoms with Crippen molar-refractivity contribution in [3.05, 3.63) is 60.0 Å².